The van der Waals surface area contributed by atoms with Gasteiger partial charge in [0.2, 0.25) is 0 Å². The molecule has 17 heavy (non-hydrogen) atoms. The highest BCUT2D eigenvalue weighted by molar-refractivity contribution is 7.86. The van der Waals surface area contributed by atoms with Crippen molar-refractivity contribution in [2.24, 2.45) is 5.92 Å². The molecule has 5 nitrogen and oxygen atoms in total. The molecule has 1 saturated heterocycles. The highest BCUT2D eigenvalue weighted by Crippen LogP contribution is 2.22. The number of hydrogen-bond acceptors (Lipinski definition) is 4. The molecule has 0 unspecified atom stereocenters. The molecule has 0 aromatic heterocycles. The maximum absolute atomic E-state index is 12.3. The normalized spacial score (nSPS) is 17.8. The molecule has 1 amide bonds. The van der Waals surface area contributed by atoms with Crippen LogP contribution in [0.5, 0.6) is 0 Å². The predicted octanol–water partition coefficient (Wildman–Crippen LogP) is 1.54. The molecule has 0 bridgehead atoms. The summed E-state index contributed by atoms with van der Waals surface area (Å²) in [6, 6.07) is 0. The van der Waals surface area contributed by atoms with Crippen LogP contribution in [-0.4, -0.2) is 43.9 Å². The van der Waals surface area contributed by atoms with Crippen molar-refractivity contribution in [3.8, 4) is 0 Å². The van der Waals surface area contributed by atoms with Crippen LogP contribution in [0.1, 0.15) is 27.2 Å². The molecule has 0 aromatic rings. The molecule has 0 aromatic carbocycles. The van der Waals surface area contributed by atoms with Gasteiger partial charge in [0.05, 0.1) is 5.75 Å². The van der Waals surface area contributed by atoms with E-state index in [0.29, 0.717) is 13.1 Å². The van der Waals surface area contributed by atoms with Crippen molar-refractivity contribution in [1.82, 2.24) is 4.90 Å². The number of hydrogen-bond donors (Lipinski definition) is 0. The van der Waals surface area contributed by atoms with Crippen molar-refractivity contribution in [2.75, 3.05) is 18.8 Å². The van der Waals surface area contributed by atoms with Crippen LogP contribution in [0, 0.1) is 5.92 Å². The predicted molar refractivity (Wildman–Crippen MR) is 60.8 cm³/mol. The van der Waals surface area contributed by atoms with Crippen LogP contribution in [0.4, 0.5) is 8.68 Å². The lowest BCUT2D eigenvalue weighted by molar-refractivity contribution is -0.00129. The first-order valence-corrected chi connectivity index (χ1v) is 7.02. The van der Waals surface area contributed by atoms with Gasteiger partial charge in [0.1, 0.15) is 5.60 Å². The zero-order chi connectivity index (χ0) is 13.3. The van der Waals surface area contributed by atoms with Gasteiger partial charge in [0.25, 0.3) is 0 Å². The van der Waals surface area contributed by atoms with E-state index in [9.17, 15) is 17.1 Å². The third-order valence-electron chi connectivity index (χ3n) is 2.38. The Morgan fingerprint density at radius 1 is 1.41 bits per heavy atom. The Morgan fingerprint density at radius 2 is 1.94 bits per heavy atom. The van der Waals surface area contributed by atoms with Crippen molar-refractivity contribution < 1.29 is 21.8 Å². The highest BCUT2D eigenvalue weighted by Gasteiger charge is 2.34. The number of halogens is 1. The van der Waals surface area contributed by atoms with Gasteiger partial charge in [-0.15, -0.1) is 3.89 Å². The van der Waals surface area contributed by atoms with Crippen molar-refractivity contribution in [2.45, 2.75) is 32.8 Å². The summed E-state index contributed by atoms with van der Waals surface area (Å²) in [7, 11) is -4.40. The first-order chi connectivity index (χ1) is 7.57. The number of amides is 1. The molecule has 0 spiro atoms. The minimum Gasteiger partial charge on any atom is -0.444 e. The van der Waals surface area contributed by atoms with Crippen LogP contribution >= 0.6 is 0 Å². The Bertz CT molecular complexity index is 382. The summed E-state index contributed by atoms with van der Waals surface area (Å²) < 4.78 is 38.0. The molecule has 0 saturated carbocycles. The van der Waals surface area contributed by atoms with Crippen molar-refractivity contribution in [3.63, 3.8) is 0 Å². The third-order valence-corrected chi connectivity index (χ3v) is 3.10. The molecule has 1 rings (SSSR count). The van der Waals surface area contributed by atoms with Gasteiger partial charge in [-0.25, -0.2) is 4.79 Å². The molecular formula is C10H18FNO4S. The molecule has 0 radical (unpaired) electrons. The van der Waals surface area contributed by atoms with Crippen LogP contribution in [0.2, 0.25) is 0 Å². The fourth-order valence-corrected chi connectivity index (χ4v) is 2.15. The Morgan fingerprint density at radius 3 is 2.35 bits per heavy atom. The van der Waals surface area contributed by atoms with Crippen LogP contribution in [0.25, 0.3) is 0 Å². The van der Waals surface area contributed by atoms with Gasteiger partial charge in [-0.05, 0) is 33.1 Å². The summed E-state index contributed by atoms with van der Waals surface area (Å²) in [6.45, 7) is 6.20. The molecule has 0 aliphatic carbocycles. The van der Waals surface area contributed by atoms with E-state index in [1.54, 1.807) is 20.8 Å². The quantitative estimate of drug-likeness (QED) is 0.728. The second-order valence-corrected chi connectivity index (χ2v) is 6.77. The van der Waals surface area contributed by atoms with Gasteiger partial charge < -0.3 is 9.64 Å². The minimum absolute atomic E-state index is 0.0491. The molecule has 1 aliphatic heterocycles. The van der Waals surface area contributed by atoms with Crippen molar-refractivity contribution >= 4 is 16.3 Å². The van der Waals surface area contributed by atoms with E-state index in [0.717, 1.165) is 0 Å². The van der Waals surface area contributed by atoms with Gasteiger partial charge in [-0.1, -0.05) is 0 Å². The van der Waals surface area contributed by atoms with Crippen LogP contribution < -0.4 is 0 Å². The van der Waals surface area contributed by atoms with Gasteiger partial charge in [-0.3, -0.25) is 0 Å². The number of nitrogens with zero attached hydrogens (tertiary/aromatic N) is 1. The summed E-state index contributed by atoms with van der Waals surface area (Å²) in [5, 5.41) is 0. The molecule has 1 fully saturated rings. The van der Waals surface area contributed by atoms with Gasteiger partial charge in [0, 0.05) is 13.1 Å². The average Bonchev–Trinajstić information content (AvgIpc) is 1.94. The summed E-state index contributed by atoms with van der Waals surface area (Å²) in [4.78, 5) is 13.0. The van der Waals surface area contributed by atoms with Gasteiger partial charge >= 0.3 is 16.3 Å². The van der Waals surface area contributed by atoms with E-state index in [1.807, 2.05) is 0 Å². The molecule has 0 atom stereocenters. The fourth-order valence-electron chi connectivity index (χ4n) is 1.54. The second kappa shape index (κ2) is 4.80. The molecule has 1 heterocycles. The van der Waals surface area contributed by atoms with E-state index in [-0.39, 0.29) is 12.3 Å². The van der Waals surface area contributed by atoms with Crippen molar-refractivity contribution in [1.29, 1.82) is 0 Å². The SMILES string of the molecule is CC(C)(C)OC(=O)N1CC(CCS(=O)(=O)F)C1. The maximum Gasteiger partial charge on any atom is 0.410 e. The lowest BCUT2D eigenvalue weighted by Gasteiger charge is -2.39. The molecular weight excluding hydrogens is 249 g/mol. The van der Waals surface area contributed by atoms with E-state index < -0.39 is 27.7 Å². The Kier molecular flexibility index (Phi) is 4.01. The number of likely N-dealkylation sites (tertiary alicyclic amines) is 1. The van der Waals surface area contributed by atoms with Gasteiger partial charge in [0.15, 0.2) is 0 Å². The molecule has 100 valence electrons. The smallest absolute Gasteiger partial charge is 0.410 e. The van der Waals surface area contributed by atoms with Crippen LogP contribution in [0.3, 0.4) is 0 Å². The number of rotatable bonds is 3. The largest absolute Gasteiger partial charge is 0.444 e. The summed E-state index contributed by atoms with van der Waals surface area (Å²) in [6.07, 6.45) is -0.158. The van der Waals surface area contributed by atoms with Crippen LogP contribution in [0.15, 0.2) is 0 Å². The third kappa shape index (κ3) is 5.34. The molecule has 0 N–H and O–H groups in total. The zero-order valence-electron chi connectivity index (χ0n) is 10.3. The van der Waals surface area contributed by atoms with E-state index in [2.05, 4.69) is 0 Å². The van der Waals surface area contributed by atoms with E-state index in [1.165, 1.54) is 4.90 Å². The molecule has 7 heteroatoms. The maximum atomic E-state index is 12.3. The monoisotopic (exact) mass is 267 g/mol. The topological polar surface area (TPSA) is 63.7 Å². The fraction of sp³-hybridized carbons (Fsp3) is 0.900. The second-order valence-electron chi connectivity index (χ2n) is 5.28. The van der Waals surface area contributed by atoms with E-state index >= 15 is 0 Å². The Labute approximate surface area is 101 Å². The zero-order valence-corrected chi connectivity index (χ0v) is 11.1. The van der Waals surface area contributed by atoms with E-state index in [4.69, 9.17) is 4.74 Å². The Balaban J connectivity index is 2.25. The number of carbonyl (C=O) groups is 1. The average molecular weight is 267 g/mol. The summed E-state index contributed by atoms with van der Waals surface area (Å²) in [5.41, 5.74) is -0.537. The lowest BCUT2D eigenvalue weighted by Crippen LogP contribution is -2.51. The van der Waals surface area contributed by atoms with Gasteiger partial charge in [-0.2, -0.15) is 8.42 Å². The first kappa shape index (κ1) is 14.2. The minimum atomic E-state index is -4.40. The number of ether oxygens (including phenoxy) is 1. The summed E-state index contributed by atoms with van der Waals surface area (Å²) in [5.74, 6) is -0.423. The first-order valence-electron chi connectivity index (χ1n) is 5.47. The lowest BCUT2D eigenvalue weighted by atomic mass is 9.98. The number of carbonyl (C=O) groups excluding carboxylic acids is 1. The molecule has 1 aliphatic rings. The summed E-state index contributed by atoms with van der Waals surface area (Å²) >= 11 is 0. The standard InChI is InChI=1S/C10H18FNO4S/c1-10(2,3)16-9(13)12-6-8(7-12)4-5-17(11,14)15/h8H,4-7H2,1-3H3. The highest BCUT2D eigenvalue weighted by atomic mass is 32.3. The Hall–Kier alpha value is -0.850. The van der Waals surface area contributed by atoms with Crippen molar-refractivity contribution in [3.05, 3.63) is 0 Å². The van der Waals surface area contributed by atoms with Crippen LogP contribution in [-0.2, 0) is 15.0 Å².